The summed E-state index contributed by atoms with van der Waals surface area (Å²) in [5.41, 5.74) is 1.03. The third-order valence-electron chi connectivity index (χ3n) is 6.51. The molecule has 2 amide bonds. The largest absolute Gasteiger partial charge is 0.618 e. The molecule has 3 N–H and O–H groups in total. The molecule has 214 valence electrons. The summed E-state index contributed by atoms with van der Waals surface area (Å²) in [6.07, 6.45) is -5.29. The molecule has 16 heteroatoms. The lowest BCUT2D eigenvalue weighted by molar-refractivity contribution is -0.607. The van der Waals surface area contributed by atoms with Gasteiger partial charge in [-0.1, -0.05) is 13.0 Å². The topological polar surface area (TPSA) is 152 Å². The summed E-state index contributed by atoms with van der Waals surface area (Å²) >= 11 is 0. The van der Waals surface area contributed by atoms with Gasteiger partial charge < -0.3 is 25.7 Å². The van der Waals surface area contributed by atoms with Gasteiger partial charge in [0.2, 0.25) is 5.82 Å². The van der Waals surface area contributed by atoms with Gasteiger partial charge in [0.25, 0.3) is 11.6 Å². The number of sulfone groups is 1. The first-order valence-corrected chi connectivity index (χ1v) is 13.3. The number of nitrogens with two attached hydrogens (primary N) is 1. The number of benzene rings is 1. The number of nitrogens with one attached hydrogen (secondary N) is 1. The number of hydrogen-bond acceptors (Lipinski definition) is 7. The normalized spacial score (nSPS) is 23.4. The van der Waals surface area contributed by atoms with E-state index in [4.69, 9.17) is 15.2 Å². The van der Waals surface area contributed by atoms with Gasteiger partial charge in [-0.15, -0.1) is 0 Å². The summed E-state index contributed by atoms with van der Waals surface area (Å²) in [5, 5.41) is 14.0. The maximum absolute atomic E-state index is 14.8. The van der Waals surface area contributed by atoms with Crippen molar-refractivity contribution in [3.63, 3.8) is 0 Å². The number of hydrogen-bond donors (Lipinski definition) is 2. The molecule has 1 aromatic carbocycles. The number of carbonyl (C=O) groups excluding carboxylic acids is 2. The molecule has 0 spiro atoms. The van der Waals surface area contributed by atoms with Crippen molar-refractivity contribution in [2.75, 3.05) is 23.9 Å². The smallest absolute Gasteiger partial charge is 0.417 e. The van der Waals surface area contributed by atoms with E-state index in [9.17, 15) is 45.2 Å². The standard InChI is InChI=1S/C23H24F5N3O7S/c1-11-16(13-4-5-14(24)17(25)18(13)37-8-9-39(3,35)36)19(38-22(11,2)23(26,27)28)21(33)30-12-6-7-31(34)15(10-12)20(29)32/h4-7,10-11,16,19H,8-9H2,1-3H3,(H2,29,32)(H,30,33)/t11-,16-,19+,22+/m0/s1. The second-order valence-corrected chi connectivity index (χ2v) is 11.5. The molecule has 1 fully saturated rings. The van der Waals surface area contributed by atoms with Crippen LogP contribution in [0.5, 0.6) is 5.75 Å². The van der Waals surface area contributed by atoms with E-state index < -0.39 is 86.8 Å². The van der Waals surface area contributed by atoms with Gasteiger partial charge in [0.1, 0.15) is 12.7 Å². The molecule has 1 aliphatic heterocycles. The van der Waals surface area contributed by atoms with E-state index in [1.54, 1.807) is 0 Å². The molecule has 2 aromatic rings. The SMILES string of the molecule is C[C@H]1[C@@H](c2ccc(F)c(F)c2OCCS(C)(=O)=O)[C@H](C(=O)Nc2cc[n+]([O-])c(C(N)=O)c2)O[C@@]1(C)C(F)(F)F. The maximum Gasteiger partial charge on any atom is 0.417 e. The molecular weight excluding hydrogens is 557 g/mol. The molecule has 1 aliphatic rings. The lowest BCUT2D eigenvalue weighted by atomic mass is 9.77. The number of amides is 2. The third kappa shape index (κ3) is 6.06. The number of carbonyl (C=O) groups is 2. The van der Waals surface area contributed by atoms with E-state index in [1.165, 1.54) is 0 Å². The zero-order valence-corrected chi connectivity index (χ0v) is 21.5. The quantitative estimate of drug-likeness (QED) is 0.276. The number of primary amides is 1. The predicted octanol–water partition coefficient (Wildman–Crippen LogP) is 2.20. The third-order valence-corrected chi connectivity index (χ3v) is 7.41. The van der Waals surface area contributed by atoms with Crippen LogP contribution in [0.25, 0.3) is 0 Å². The number of ether oxygens (including phenoxy) is 2. The second-order valence-electron chi connectivity index (χ2n) is 9.20. The fourth-order valence-electron chi connectivity index (χ4n) is 4.23. The Hall–Kier alpha value is -3.53. The summed E-state index contributed by atoms with van der Waals surface area (Å²) in [4.78, 5) is 24.7. The molecule has 4 atom stereocenters. The van der Waals surface area contributed by atoms with Gasteiger partial charge in [-0.2, -0.15) is 22.3 Å². The number of alkyl halides is 3. The first kappa shape index (κ1) is 30.0. The fourth-order valence-corrected chi connectivity index (χ4v) is 4.62. The van der Waals surface area contributed by atoms with Crippen LogP contribution in [0.3, 0.4) is 0 Å². The molecule has 1 saturated heterocycles. The van der Waals surface area contributed by atoms with E-state index in [2.05, 4.69) is 5.32 Å². The van der Waals surface area contributed by atoms with Crippen molar-refractivity contribution in [3.05, 3.63) is 58.6 Å². The zero-order valence-electron chi connectivity index (χ0n) is 20.7. The van der Waals surface area contributed by atoms with Gasteiger partial charge in [-0.3, -0.25) is 9.59 Å². The molecular formula is C23H24F5N3O7S. The Kier molecular flexibility index (Phi) is 8.13. The van der Waals surface area contributed by atoms with Crippen molar-refractivity contribution in [3.8, 4) is 5.75 Å². The van der Waals surface area contributed by atoms with Crippen LogP contribution in [0.2, 0.25) is 0 Å². The van der Waals surface area contributed by atoms with Crippen molar-refractivity contribution in [1.29, 1.82) is 0 Å². The monoisotopic (exact) mass is 581 g/mol. The Morgan fingerprint density at radius 3 is 2.46 bits per heavy atom. The highest BCUT2D eigenvalue weighted by molar-refractivity contribution is 7.90. The highest BCUT2D eigenvalue weighted by atomic mass is 32.2. The Morgan fingerprint density at radius 1 is 1.26 bits per heavy atom. The molecule has 10 nitrogen and oxygen atoms in total. The lowest BCUT2D eigenvalue weighted by Gasteiger charge is -2.32. The van der Waals surface area contributed by atoms with Crippen LogP contribution in [-0.2, 0) is 19.4 Å². The molecule has 0 unspecified atom stereocenters. The average molecular weight is 582 g/mol. The number of aromatic nitrogens is 1. The van der Waals surface area contributed by atoms with Gasteiger partial charge in [-0.25, -0.2) is 12.8 Å². The molecule has 0 saturated carbocycles. The molecule has 2 heterocycles. The minimum absolute atomic E-state index is 0.108. The van der Waals surface area contributed by atoms with Crippen LogP contribution in [0.1, 0.15) is 35.8 Å². The first-order valence-electron chi connectivity index (χ1n) is 11.2. The highest BCUT2D eigenvalue weighted by Crippen LogP contribution is 2.55. The summed E-state index contributed by atoms with van der Waals surface area (Å²) in [6.45, 7) is 1.13. The van der Waals surface area contributed by atoms with E-state index in [0.29, 0.717) is 13.0 Å². The van der Waals surface area contributed by atoms with Gasteiger partial charge >= 0.3 is 12.1 Å². The molecule has 3 rings (SSSR count). The summed E-state index contributed by atoms with van der Waals surface area (Å²) < 4.78 is 105. The van der Waals surface area contributed by atoms with Gasteiger partial charge in [0.05, 0.1) is 11.4 Å². The first-order chi connectivity index (χ1) is 17.9. The van der Waals surface area contributed by atoms with Crippen molar-refractivity contribution in [2.45, 2.75) is 37.6 Å². The summed E-state index contributed by atoms with van der Waals surface area (Å²) in [5.74, 6) is -9.97. The Bertz CT molecular complexity index is 1400. The van der Waals surface area contributed by atoms with Crippen LogP contribution in [-0.4, -0.2) is 56.7 Å². The van der Waals surface area contributed by atoms with Crippen LogP contribution in [0.15, 0.2) is 30.5 Å². The lowest BCUT2D eigenvalue weighted by Crippen LogP contribution is -2.47. The fraction of sp³-hybridized carbons (Fsp3) is 0.435. The summed E-state index contributed by atoms with van der Waals surface area (Å²) in [7, 11) is -3.61. The van der Waals surface area contributed by atoms with Crippen molar-refractivity contribution in [2.24, 2.45) is 11.7 Å². The van der Waals surface area contributed by atoms with Crippen molar-refractivity contribution in [1.82, 2.24) is 0 Å². The summed E-state index contributed by atoms with van der Waals surface area (Å²) in [6, 6.07) is 3.49. The second kappa shape index (κ2) is 10.6. The van der Waals surface area contributed by atoms with E-state index in [-0.39, 0.29) is 16.0 Å². The number of pyridine rings is 1. The number of halogens is 5. The Labute approximate surface area is 219 Å². The Balaban J connectivity index is 2.09. The van der Waals surface area contributed by atoms with Gasteiger partial charge in [-0.05, 0) is 13.0 Å². The number of anilines is 1. The highest BCUT2D eigenvalue weighted by Gasteiger charge is 2.66. The maximum atomic E-state index is 14.8. The molecule has 1 aromatic heterocycles. The average Bonchev–Trinajstić information content (AvgIpc) is 3.09. The van der Waals surface area contributed by atoms with Crippen LogP contribution in [0.4, 0.5) is 27.6 Å². The molecule has 0 radical (unpaired) electrons. The van der Waals surface area contributed by atoms with Crippen LogP contribution >= 0.6 is 0 Å². The molecule has 39 heavy (non-hydrogen) atoms. The van der Waals surface area contributed by atoms with Crippen molar-refractivity contribution >= 4 is 27.3 Å². The van der Waals surface area contributed by atoms with Crippen LogP contribution < -0.4 is 20.5 Å². The minimum Gasteiger partial charge on any atom is -0.618 e. The van der Waals surface area contributed by atoms with E-state index >= 15 is 0 Å². The van der Waals surface area contributed by atoms with E-state index in [1.807, 2.05) is 0 Å². The number of rotatable bonds is 8. The zero-order chi connectivity index (χ0) is 29.5. The van der Waals surface area contributed by atoms with E-state index in [0.717, 1.165) is 37.6 Å². The van der Waals surface area contributed by atoms with Gasteiger partial charge in [0.15, 0.2) is 33.2 Å². The molecule has 0 aliphatic carbocycles. The molecule has 0 bridgehead atoms. The predicted molar refractivity (Wildman–Crippen MR) is 125 cm³/mol. The van der Waals surface area contributed by atoms with Gasteiger partial charge in [0, 0.05) is 35.8 Å². The Morgan fingerprint density at radius 2 is 1.90 bits per heavy atom. The minimum atomic E-state index is -5.02. The number of nitrogens with zero attached hydrogens (tertiary/aromatic N) is 1. The van der Waals surface area contributed by atoms with Crippen molar-refractivity contribution < 1.29 is 54.2 Å². The van der Waals surface area contributed by atoms with Crippen LogP contribution in [0, 0.1) is 22.8 Å².